The van der Waals surface area contributed by atoms with Crippen LogP contribution in [-0.4, -0.2) is 10.0 Å². The lowest BCUT2D eigenvalue weighted by Crippen LogP contribution is -2.05. The summed E-state index contributed by atoms with van der Waals surface area (Å²) in [5, 5.41) is 29.6. The van der Waals surface area contributed by atoms with Crippen molar-refractivity contribution in [3.05, 3.63) is 70.3 Å². The second-order valence-electron chi connectivity index (χ2n) is 5.31. The fourth-order valence-corrected chi connectivity index (χ4v) is 2.39. The number of nitrogens with zero attached hydrogens (tertiary/aromatic N) is 3. The minimum Gasteiger partial charge on any atom is -0.507 e. The number of aromatic hydroxyl groups is 1. The van der Waals surface area contributed by atoms with E-state index >= 15 is 0 Å². The molecule has 132 valence electrons. The van der Waals surface area contributed by atoms with Gasteiger partial charge in [0.15, 0.2) is 5.69 Å². The van der Waals surface area contributed by atoms with E-state index in [9.17, 15) is 28.4 Å². The van der Waals surface area contributed by atoms with Crippen LogP contribution in [0.5, 0.6) is 5.75 Å². The van der Waals surface area contributed by atoms with Gasteiger partial charge in [0.1, 0.15) is 5.75 Å². The monoisotopic (exact) mass is 361 g/mol. The molecule has 1 N–H and O–H groups in total. The Balaban J connectivity index is 2.07. The fraction of sp³-hybridized carbons (Fsp3) is 0.0588. The van der Waals surface area contributed by atoms with Gasteiger partial charge in [-0.05, 0) is 24.3 Å². The van der Waals surface area contributed by atoms with E-state index in [0.29, 0.717) is 28.6 Å². The fourth-order valence-electron chi connectivity index (χ4n) is 2.39. The molecule has 3 aromatic rings. The quantitative estimate of drug-likeness (QED) is 0.358. The average Bonchev–Trinajstić information content (AvgIpc) is 2.60. The second-order valence-corrected chi connectivity index (χ2v) is 5.31. The molecule has 9 heteroatoms. The van der Waals surface area contributed by atoms with Crippen LogP contribution in [0.4, 0.5) is 30.2 Å². The van der Waals surface area contributed by atoms with Crippen molar-refractivity contribution < 1.29 is 23.2 Å². The lowest BCUT2D eigenvalue weighted by Gasteiger charge is -2.06. The van der Waals surface area contributed by atoms with E-state index in [2.05, 4.69) is 10.2 Å². The molecule has 6 nitrogen and oxygen atoms in total. The van der Waals surface area contributed by atoms with Gasteiger partial charge in [0.2, 0.25) is 0 Å². The van der Waals surface area contributed by atoms with Crippen molar-refractivity contribution in [2.24, 2.45) is 10.2 Å². The summed E-state index contributed by atoms with van der Waals surface area (Å²) >= 11 is 0. The zero-order valence-corrected chi connectivity index (χ0v) is 12.9. The van der Waals surface area contributed by atoms with Crippen LogP contribution in [0.1, 0.15) is 5.56 Å². The minimum atomic E-state index is -4.70. The van der Waals surface area contributed by atoms with Gasteiger partial charge in [-0.25, -0.2) is 0 Å². The normalized spacial score (nSPS) is 12.0. The molecular weight excluding hydrogens is 351 g/mol. The molecule has 0 aliphatic heterocycles. The Labute approximate surface area is 144 Å². The number of nitro groups is 1. The zero-order valence-electron chi connectivity index (χ0n) is 12.9. The summed E-state index contributed by atoms with van der Waals surface area (Å²) in [6.45, 7) is 0. The van der Waals surface area contributed by atoms with Crippen molar-refractivity contribution in [1.82, 2.24) is 0 Å². The molecule has 0 aliphatic carbocycles. The van der Waals surface area contributed by atoms with E-state index < -0.39 is 22.4 Å². The van der Waals surface area contributed by atoms with Gasteiger partial charge >= 0.3 is 6.18 Å². The average molecular weight is 361 g/mol. The lowest BCUT2D eigenvalue weighted by molar-refractivity contribution is -0.384. The Kier molecular flexibility index (Phi) is 4.29. The minimum absolute atomic E-state index is 0.0278. The summed E-state index contributed by atoms with van der Waals surface area (Å²) in [5.41, 5.74) is -1.93. The van der Waals surface area contributed by atoms with E-state index in [4.69, 9.17) is 0 Å². The molecule has 0 bridgehead atoms. The molecule has 3 rings (SSSR count). The molecule has 0 heterocycles. The highest BCUT2D eigenvalue weighted by atomic mass is 19.4. The predicted molar refractivity (Wildman–Crippen MR) is 87.9 cm³/mol. The molecule has 0 atom stereocenters. The predicted octanol–water partition coefficient (Wildman–Crippen LogP) is 5.89. The molecule has 0 unspecified atom stereocenters. The van der Waals surface area contributed by atoms with E-state index in [1.807, 2.05) is 0 Å². The van der Waals surface area contributed by atoms with Crippen LogP contribution in [0.25, 0.3) is 10.8 Å². The smallest absolute Gasteiger partial charge is 0.416 e. The first kappa shape index (κ1) is 17.3. The third-order valence-electron chi connectivity index (χ3n) is 3.64. The first-order valence-corrected chi connectivity index (χ1v) is 7.25. The van der Waals surface area contributed by atoms with Crippen molar-refractivity contribution in [3.8, 4) is 5.75 Å². The number of phenols is 1. The summed E-state index contributed by atoms with van der Waals surface area (Å²) in [6, 6.07) is 11.6. The van der Waals surface area contributed by atoms with E-state index in [1.165, 1.54) is 12.1 Å². The SMILES string of the molecule is O=[N+]([O-])c1cc(C(F)(F)F)ccc1N=Nc1ccc(O)c2ccccc12. The third kappa shape index (κ3) is 3.32. The standard InChI is InChI=1S/C17H10F3N3O3/c18-17(19,20)10-5-6-14(15(9-10)23(25)26)22-21-13-7-8-16(24)12-4-2-1-3-11(12)13/h1-9,24H. The molecular formula is C17H10F3N3O3. The topological polar surface area (TPSA) is 88.1 Å². The summed E-state index contributed by atoms with van der Waals surface area (Å²) in [7, 11) is 0. The van der Waals surface area contributed by atoms with Crippen LogP contribution in [0.2, 0.25) is 0 Å². The van der Waals surface area contributed by atoms with E-state index in [-0.39, 0.29) is 11.4 Å². The number of hydrogen-bond donors (Lipinski definition) is 1. The van der Waals surface area contributed by atoms with Gasteiger partial charge in [-0.2, -0.15) is 13.2 Å². The number of hydrogen-bond acceptors (Lipinski definition) is 5. The lowest BCUT2D eigenvalue weighted by atomic mass is 10.1. The molecule has 3 aromatic carbocycles. The van der Waals surface area contributed by atoms with Gasteiger partial charge in [-0.15, -0.1) is 10.2 Å². The molecule has 26 heavy (non-hydrogen) atoms. The van der Waals surface area contributed by atoms with Crippen LogP contribution < -0.4 is 0 Å². The number of benzene rings is 3. The van der Waals surface area contributed by atoms with Gasteiger partial charge in [0, 0.05) is 16.8 Å². The second kappa shape index (κ2) is 6.43. The Hall–Kier alpha value is -3.49. The van der Waals surface area contributed by atoms with E-state index in [0.717, 1.165) is 6.07 Å². The van der Waals surface area contributed by atoms with Gasteiger partial charge in [0.25, 0.3) is 5.69 Å². The molecule has 0 aliphatic rings. The van der Waals surface area contributed by atoms with Gasteiger partial charge in [-0.3, -0.25) is 10.1 Å². The number of rotatable bonds is 3. The maximum atomic E-state index is 12.7. The molecule has 0 spiro atoms. The Bertz CT molecular complexity index is 1030. The largest absolute Gasteiger partial charge is 0.507 e. The van der Waals surface area contributed by atoms with Crippen molar-refractivity contribution in [3.63, 3.8) is 0 Å². The number of nitro benzene ring substituents is 1. The summed E-state index contributed by atoms with van der Waals surface area (Å²) < 4.78 is 38.2. The van der Waals surface area contributed by atoms with Gasteiger partial charge in [0.05, 0.1) is 16.2 Å². The van der Waals surface area contributed by atoms with Crippen molar-refractivity contribution in [1.29, 1.82) is 0 Å². The molecule has 0 radical (unpaired) electrons. The molecule has 0 fully saturated rings. The number of azo groups is 1. The summed E-state index contributed by atoms with van der Waals surface area (Å²) in [6.07, 6.45) is -4.70. The third-order valence-corrected chi connectivity index (χ3v) is 3.64. The first-order valence-electron chi connectivity index (χ1n) is 7.25. The summed E-state index contributed by atoms with van der Waals surface area (Å²) in [4.78, 5) is 10.1. The molecule has 0 saturated carbocycles. The van der Waals surface area contributed by atoms with Crippen LogP contribution in [0.15, 0.2) is 64.8 Å². The maximum absolute atomic E-state index is 12.7. The molecule has 0 aromatic heterocycles. The maximum Gasteiger partial charge on any atom is 0.416 e. The molecule has 0 saturated heterocycles. The highest BCUT2D eigenvalue weighted by Gasteiger charge is 2.33. The Morgan fingerprint density at radius 3 is 2.19 bits per heavy atom. The summed E-state index contributed by atoms with van der Waals surface area (Å²) in [5.74, 6) is 0.0278. The van der Waals surface area contributed by atoms with Crippen LogP contribution in [0, 0.1) is 10.1 Å². The zero-order chi connectivity index (χ0) is 18.9. The Morgan fingerprint density at radius 2 is 1.54 bits per heavy atom. The number of fused-ring (bicyclic) bond motifs is 1. The van der Waals surface area contributed by atoms with Crippen molar-refractivity contribution >= 4 is 27.8 Å². The van der Waals surface area contributed by atoms with Gasteiger partial charge < -0.3 is 5.11 Å². The van der Waals surface area contributed by atoms with Gasteiger partial charge in [-0.1, -0.05) is 24.3 Å². The van der Waals surface area contributed by atoms with Crippen LogP contribution >= 0.6 is 0 Å². The highest BCUT2D eigenvalue weighted by molar-refractivity contribution is 5.96. The molecule has 0 amide bonds. The van der Waals surface area contributed by atoms with Crippen molar-refractivity contribution in [2.75, 3.05) is 0 Å². The van der Waals surface area contributed by atoms with Crippen molar-refractivity contribution in [2.45, 2.75) is 6.18 Å². The van der Waals surface area contributed by atoms with Crippen LogP contribution in [0.3, 0.4) is 0 Å². The Morgan fingerprint density at radius 1 is 0.923 bits per heavy atom. The van der Waals surface area contributed by atoms with Crippen LogP contribution in [-0.2, 0) is 6.18 Å². The first-order chi connectivity index (χ1) is 12.3. The number of alkyl halides is 3. The highest BCUT2D eigenvalue weighted by Crippen LogP contribution is 2.38. The number of phenolic OH excluding ortho intramolecular Hbond substituents is 1. The van der Waals surface area contributed by atoms with E-state index in [1.54, 1.807) is 24.3 Å². The number of halogens is 3.